The van der Waals surface area contributed by atoms with Crippen LogP contribution in [-0.4, -0.2) is 24.9 Å². The van der Waals surface area contributed by atoms with Gasteiger partial charge in [-0.05, 0) is 13.3 Å². The molecule has 0 rings (SSSR count). The topological polar surface area (TPSA) is 29.5 Å². The molecule has 0 bridgehead atoms. The zero-order chi connectivity index (χ0) is 7.82. The molecule has 0 aromatic rings. The van der Waals surface area contributed by atoms with Crippen molar-refractivity contribution in [2.24, 2.45) is 5.92 Å². The van der Waals surface area contributed by atoms with Gasteiger partial charge in [-0.2, -0.15) is 0 Å². The molecule has 10 heavy (non-hydrogen) atoms. The third-order valence-corrected chi connectivity index (χ3v) is 1.51. The summed E-state index contributed by atoms with van der Waals surface area (Å²) in [7, 11) is 0. The molecule has 1 atom stereocenters. The van der Waals surface area contributed by atoms with Crippen LogP contribution in [0.25, 0.3) is 0 Å². The van der Waals surface area contributed by atoms with Crippen LogP contribution >= 0.6 is 0 Å². The van der Waals surface area contributed by atoms with Crippen molar-refractivity contribution in [3.8, 4) is 0 Å². The van der Waals surface area contributed by atoms with E-state index in [1.165, 1.54) is 0 Å². The van der Waals surface area contributed by atoms with Gasteiger partial charge in [0.2, 0.25) is 0 Å². The lowest BCUT2D eigenvalue weighted by Gasteiger charge is -2.11. The van der Waals surface area contributed by atoms with E-state index in [9.17, 15) is 0 Å². The van der Waals surface area contributed by atoms with Crippen LogP contribution in [0.15, 0.2) is 0 Å². The fourth-order valence-corrected chi connectivity index (χ4v) is 0.920. The molecule has 0 aliphatic heterocycles. The average molecular weight is 146 g/mol. The van der Waals surface area contributed by atoms with Gasteiger partial charge in [-0.25, -0.2) is 0 Å². The van der Waals surface area contributed by atoms with Gasteiger partial charge in [0.25, 0.3) is 0 Å². The molecule has 0 aromatic carbocycles. The summed E-state index contributed by atoms with van der Waals surface area (Å²) in [6, 6.07) is 0. The fourth-order valence-electron chi connectivity index (χ4n) is 0.920. The Morgan fingerprint density at radius 1 is 1.40 bits per heavy atom. The van der Waals surface area contributed by atoms with Crippen LogP contribution in [0.1, 0.15) is 26.7 Å². The van der Waals surface area contributed by atoms with Gasteiger partial charge >= 0.3 is 0 Å². The molecule has 1 N–H and O–H groups in total. The lowest BCUT2D eigenvalue weighted by Crippen LogP contribution is -2.13. The highest BCUT2D eigenvalue weighted by molar-refractivity contribution is 4.54. The highest BCUT2D eigenvalue weighted by Gasteiger charge is 2.04. The summed E-state index contributed by atoms with van der Waals surface area (Å²) in [6.07, 6.45) is 2.19. The van der Waals surface area contributed by atoms with Crippen LogP contribution in [0, 0.1) is 5.92 Å². The van der Waals surface area contributed by atoms with Gasteiger partial charge in [0.05, 0.1) is 6.61 Å². The minimum absolute atomic E-state index is 0.258. The number of ether oxygens (including phenoxy) is 1. The Labute approximate surface area is 63.2 Å². The summed E-state index contributed by atoms with van der Waals surface area (Å²) in [5.41, 5.74) is 0. The Morgan fingerprint density at radius 3 is 2.50 bits per heavy atom. The molecule has 2 heteroatoms. The zero-order valence-electron chi connectivity index (χ0n) is 6.97. The van der Waals surface area contributed by atoms with E-state index >= 15 is 0 Å². The third kappa shape index (κ3) is 4.77. The number of hydrogen-bond donors (Lipinski definition) is 1. The van der Waals surface area contributed by atoms with Crippen molar-refractivity contribution in [2.75, 3.05) is 19.8 Å². The SMILES string of the molecule is CCCC(CO)COCC. The Kier molecular flexibility index (Phi) is 6.98. The second-order valence-electron chi connectivity index (χ2n) is 2.50. The standard InChI is InChI=1S/C8H18O2/c1-3-5-8(6-9)7-10-4-2/h8-9H,3-7H2,1-2H3. The van der Waals surface area contributed by atoms with Crippen LogP contribution in [0.3, 0.4) is 0 Å². The molecule has 0 amide bonds. The molecule has 0 radical (unpaired) electrons. The van der Waals surface area contributed by atoms with E-state index in [1.54, 1.807) is 0 Å². The van der Waals surface area contributed by atoms with Gasteiger partial charge < -0.3 is 9.84 Å². The Hall–Kier alpha value is -0.0800. The van der Waals surface area contributed by atoms with Crippen molar-refractivity contribution in [2.45, 2.75) is 26.7 Å². The minimum atomic E-state index is 0.258. The van der Waals surface area contributed by atoms with Crippen LogP contribution in [0.4, 0.5) is 0 Å². The summed E-state index contributed by atoms with van der Waals surface area (Å²) in [5, 5.41) is 8.80. The van der Waals surface area contributed by atoms with E-state index in [0.29, 0.717) is 12.5 Å². The van der Waals surface area contributed by atoms with Crippen LogP contribution in [0.2, 0.25) is 0 Å². The van der Waals surface area contributed by atoms with Gasteiger partial charge in [-0.1, -0.05) is 13.3 Å². The second-order valence-corrected chi connectivity index (χ2v) is 2.50. The normalized spacial score (nSPS) is 13.5. The van der Waals surface area contributed by atoms with E-state index in [0.717, 1.165) is 19.4 Å². The molecule has 0 fully saturated rings. The summed E-state index contributed by atoms with van der Waals surface area (Å²) in [6.45, 7) is 5.81. The first-order valence-electron chi connectivity index (χ1n) is 4.03. The Bertz CT molecular complexity index is 64.3. The molecule has 0 saturated heterocycles. The smallest absolute Gasteiger partial charge is 0.0516 e. The summed E-state index contributed by atoms with van der Waals surface area (Å²) in [4.78, 5) is 0. The van der Waals surface area contributed by atoms with Crippen molar-refractivity contribution in [3.05, 3.63) is 0 Å². The predicted molar refractivity (Wildman–Crippen MR) is 42.0 cm³/mol. The average Bonchev–Trinajstić information content (AvgIpc) is 1.98. The third-order valence-electron chi connectivity index (χ3n) is 1.51. The number of rotatable bonds is 6. The molecule has 2 nitrogen and oxygen atoms in total. The van der Waals surface area contributed by atoms with E-state index < -0.39 is 0 Å². The maximum Gasteiger partial charge on any atom is 0.0516 e. The molecule has 0 aromatic heterocycles. The molecule has 1 unspecified atom stereocenters. The van der Waals surface area contributed by atoms with Gasteiger partial charge in [0, 0.05) is 19.1 Å². The van der Waals surface area contributed by atoms with Crippen molar-refractivity contribution >= 4 is 0 Å². The molecular weight excluding hydrogens is 128 g/mol. The Balaban J connectivity index is 3.21. The molecule has 0 aliphatic rings. The first kappa shape index (κ1) is 9.92. The lowest BCUT2D eigenvalue weighted by molar-refractivity contribution is 0.0768. The van der Waals surface area contributed by atoms with E-state index in [-0.39, 0.29) is 6.61 Å². The van der Waals surface area contributed by atoms with E-state index in [4.69, 9.17) is 9.84 Å². The monoisotopic (exact) mass is 146 g/mol. The number of aliphatic hydroxyl groups excluding tert-OH is 1. The molecule has 0 saturated carbocycles. The highest BCUT2D eigenvalue weighted by Crippen LogP contribution is 2.04. The van der Waals surface area contributed by atoms with Crippen LogP contribution in [0.5, 0.6) is 0 Å². The second kappa shape index (κ2) is 7.03. The van der Waals surface area contributed by atoms with Gasteiger partial charge in [0.15, 0.2) is 0 Å². The number of aliphatic hydroxyl groups is 1. The molecular formula is C8H18O2. The maximum atomic E-state index is 8.80. The highest BCUT2D eigenvalue weighted by atomic mass is 16.5. The Morgan fingerprint density at radius 2 is 2.10 bits per heavy atom. The molecule has 62 valence electrons. The molecule has 0 heterocycles. The van der Waals surface area contributed by atoms with Gasteiger partial charge in [-0.3, -0.25) is 0 Å². The van der Waals surface area contributed by atoms with Gasteiger partial charge in [-0.15, -0.1) is 0 Å². The van der Waals surface area contributed by atoms with E-state index in [2.05, 4.69) is 6.92 Å². The number of hydrogen-bond acceptors (Lipinski definition) is 2. The van der Waals surface area contributed by atoms with Crippen LogP contribution < -0.4 is 0 Å². The lowest BCUT2D eigenvalue weighted by atomic mass is 10.1. The predicted octanol–water partition coefficient (Wildman–Crippen LogP) is 1.43. The van der Waals surface area contributed by atoms with Crippen molar-refractivity contribution in [1.29, 1.82) is 0 Å². The fraction of sp³-hybridized carbons (Fsp3) is 1.00. The van der Waals surface area contributed by atoms with Crippen LogP contribution in [-0.2, 0) is 4.74 Å². The summed E-state index contributed by atoms with van der Waals surface area (Å²) in [5.74, 6) is 0.352. The molecule has 0 spiro atoms. The maximum absolute atomic E-state index is 8.80. The van der Waals surface area contributed by atoms with Crippen molar-refractivity contribution in [1.82, 2.24) is 0 Å². The molecule has 0 aliphatic carbocycles. The largest absolute Gasteiger partial charge is 0.396 e. The minimum Gasteiger partial charge on any atom is -0.396 e. The first-order valence-corrected chi connectivity index (χ1v) is 4.03. The zero-order valence-corrected chi connectivity index (χ0v) is 6.97. The first-order chi connectivity index (χ1) is 4.85. The summed E-state index contributed by atoms with van der Waals surface area (Å²) >= 11 is 0. The van der Waals surface area contributed by atoms with Crippen molar-refractivity contribution in [3.63, 3.8) is 0 Å². The summed E-state index contributed by atoms with van der Waals surface area (Å²) < 4.78 is 5.18. The van der Waals surface area contributed by atoms with E-state index in [1.807, 2.05) is 6.92 Å². The van der Waals surface area contributed by atoms with Crippen molar-refractivity contribution < 1.29 is 9.84 Å². The quantitative estimate of drug-likeness (QED) is 0.614. The van der Waals surface area contributed by atoms with Gasteiger partial charge in [0.1, 0.15) is 0 Å².